The summed E-state index contributed by atoms with van der Waals surface area (Å²) in [6.07, 6.45) is -4.46. The predicted octanol–water partition coefficient (Wildman–Crippen LogP) is 4.93. The van der Waals surface area contributed by atoms with E-state index in [1.54, 1.807) is 13.8 Å². The first-order chi connectivity index (χ1) is 12.3. The molecule has 5 nitrogen and oxygen atoms in total. The Morgan fingerprint density at radius 1 is 1.19 bits per heavy atom. The molecule has 0 aliphatic carbocycles. The highest BCUT2D eigenvalue weighted by atomic mass is 19.4. The zero-order valence-electron chi connectivity index (χ0n) is 13.9. The molecule has 3 aromatic rings. The average Bonchev–Trinajstić information content (AvgIpc) is 3.20. The van der Waals surface area contributed by atoms with Crippen LogP contribution in [0.2, 0.25) is 0 Å². The monoisotopic (exact) mass is 365 g/mol. The molecule has 0 saturated carbocycles. The summed E-state index contributed by atoms with van der Waals surface area (Å²) in [6, 6.07) is 7.43. The Kier molecular flexibility index (Phi) is 4.58. The molecule has 0 N–H and O–H groups in total. The van der Waals surface area contributed by atoms with Gasteiger partial charge in [-0.15, -0.1) is 0 Å². The van der Waals surface area contributed by atoms with Crippen molar-refractivity contribution in [2.24, 2.45) is 0 Å². The number of hydrogen-bond donors (Lipinski definition) is 0. The van der Waals surface area contributed by atoms with Crippen molar-refractivity contribution in [3.05, 3.63) is 64.7 Å². The predicted molar refractivity (Wildman–Crippen MR) is 84.2 cm³/mol. The van der Waals surface area contributed by atoms with Gasteiger partial charge in [0.15, 0.2) is 0 Å². The molecule has 2 heterocycles. The second-order valence-corrected chi connectivity index (χ2v) is 5.62. The molecular weight excluding hydrogens is 351 g/mol. The van der Waals surface area contributed by atoms with Gasteiger partial charge in [0, 0.05) is 5.56 Å². The van der Waals surface area contributed by atoms with Gasteiger partial charge >= 0.3 is 12.1 Å². The van der Waals surface area contributed by atoms with Crippen LogP contribution >= 0.6 is 0 Å². The highest BCUT2D eigenvalue weighted by molar-refractivity contribution is 5.87. The molecule has 26 heavy (non-hydrogen) atoms. The van der Waals surface area contributed by atoms with Gasteiger partial charge in [-0.3, -0.25) is 0 Å². The number of carbonyl (C=O) groups is 1. The minimum atomic E-state index is -4.46. The molecule has 0 fully saturated rings. The number of alkyl halides is 3. The number of aromatic nitrogens is 1. The third-order valence-corrected chi connectivity index (χ3v) is 3.81. The molecule has 0 unspecified atom stereocenters. The molecule has 3 rings (SSSR count). The first-order valence-electron chi connectivity index (χ1n) is 7.62. The molecule has 1 aromatic carbocycles. The van der Waals surface area contributed by atoms with Crippen molar-refractivity contribution < 1.29 is 31.6 Å². The third-order valence-electron chi connectivity index (χ3n) is 3.81. The summed E-state index contributed by atoms with van der Waals surface area (Å²) < 4.78 is 53.9. The molecule has 136 valence electrons. The maximum absolute atomic E-state index is 12.8. The van der Waals surface area contributed by atoms with Gasteiger partial charge in [0.1, 0.15) is 18.1 Å². The van der Waals surface area contributed by atoms with Crippen LogP contribution in [0.25, 0.3) is 11.3 Å². The standard InChI is InChI=1S/C18H14F3NO4/c1-10-14(11(2)26-22-10)9-24-17(23)16-7-6-15(25-16)12-4-3-5-13(8-12)18(19,20)21/h3-8H,9H2,1-2H3. The second-order valence-electron chi connectivity index (χ2n) is 5.62. The maximum Gasteiger partial charge on any atom is 0.416 e. The van der Waals surface area contributed by atoms with Gasteiger partial charge in [-0.1, -0.05) is 17.3 Å². The molecule has 0 aliphatic rings. The first kappa shape index (κ1) is 17.8. The molecule has 0 spiro atoms. The lowest BCUT2D eigenvalue weighted by Gasteiger charge is -2.07. The number of benzene rings is 1. The van der Waals surface area contributed by atoms with Crippen molar-refractivity contribution in [2.75, 3.05) is 0 Å². The molecule has 2 aromatic heterocycles. The molecule has 0 bridgehead atoms. The van der Waals surface area contributed by atoms with Crippen LogP contribution in [-0.2, 0) is 17.5 Å². The number of aryl methyl sites for hydroxylation is 2. The Balaban J connectivity index is 1.74. The number of halogens is 3. The Morgan fingerprint density at radius 2 is 1.96 bits per heavy atom. The smallest absolute Gasteiger partial charge is 0.416 e. The van der Waals surface area contributed by atoms with Crippen molar-refractivity contribution in [3.8, 4) is 11.3 Å². The molecule has 0 aliphatic heterocycles. The van der Waals surface area contributed by atoms with E-state index in [-0.39, 0.29) is 23.7 Å². The Bertz CT molecular complexity index is 921. The minimum absolute atomic E-state index is 0.0421. The van der Waals surface area contributed by atoms with Crippen LogP contribution in [0.5, 0.6) is 0 Å². The summed E-state index contributed by atoms with van der Waals surface area (Å²) in [4.78, 5) is 12.1. The molecule has 0 radical (unpaired) electrons. The van der Waals surface area contributed by atoms with Crippen LogP contribution in [0.4, 0.5) is 13.2 Å². The lowest BCUT2D eigenvalue weighted by atomic mass is 10.1. The number of esters is 1. The van der Waals surface area contributed by atoms with Gasteiger partial charge in [0.05, 0.1) is 16.8 Å². The van der Waals surface area contributed by atoms with Gasteiger partial charge < -0.3 is 13.7 Å². The lowest BCUT2D eigenvalue weighted by molar-refractivity contribution is -0.137. The minimum Gasteiger partial charge on any atom is -0.455 e. The van der Waals surface area contributed by atoms with Crippen molar-refractivity contribution in [1.29, 1.82) is 0 Å². The average molecular weight is 365 g/mol. The van der Waals surface area contributed by atoms with E-state index >= 15 is 0 Å². The first-order valence-corrected chi connectivity index (χ1v) is 7.62. The van der Waals surface area contributed by atoms with E-state index in [2.05, 4.69) is 5.16 Å². The van der Waals surface area contributed by atoms with E-state index in [0.29, 0.717) is 17.0 Å². The number of carbonyl (C=O) groups excluding carboxylic acids is 1. The topological polar surface area (TPSA) is 65.5 Å². The van der Waals surface area contributed by atoms with Gasteiger partial charge in [-0.05, 0) is 38.1 Å². The summed E-state index contributed by atoms with van der Waals surface area (Å²) in [6.45, 7) is 3.37. The zero-order valence-corrected chi connectivity index (χ0v) is 13.9. The SMILES string of the molecule is Cc1noc(C)c1COC(=O)c1ccc(-c2cccc(C(F)(F)F)c2)o1. The largest absolute Gasteiger partial charge is 0.455 e. The van der Waals surface area contributed by atoms with Crippen LogP contribution in [0.3, 0.4) is 0 Å². The zero-order chi connectivity index (χ0) is 18.9. The molecule has 0 atom stereocenters. The lowest BCUT2D eigenvalue weighted by Crippen LogP contribution is -2.05. The van der Waals surface area contributed by atoms with Crippen LogP contribution in [0.15, 0.2) is 45.3 Å². The van der Waals surface area contributed by atoms with Crippen LogP contribution in [-0.4, -0.2) is 11.1 Å². The van der Waals surface area contributed by atoms with Gasteiger partial charge in [-0.25, -0.2) is 4.79 Å². The fourth-order valence-electron chi connectivity index (χ4n) is 2.37. The van der Waals surface area contributed by atoms with E-state index < -0.39 is 17.7 Å². The van der Waals surface area contributed by atoms with Gasteiger partial charge in [0.2, 0.25) is 5.76 Å². The van der Waals surface area contributed by atoms with Crippen LogP contribution in [0.1, 0.15) is 33.1 Å². The summed E-state index contributed by atoms with van der Waals surface area (Å²) >= 11 is 0. The Labute approximate surface area is 146 Å². The van der Waals surface area contributed by atoms with Crippen LogP contribution < -0.4 is 0 Å². The molecule has 0 amide bonds. The summed E-state index contributed by atoms with van der Waals surface area (Å²) in [5.74, 6) is -0.160. The number of hydrogen-bond acceptors (Lipinski definition) is 5. The molecular formula is C18H14F3NO4. The van der Waals surface area contributed by atoms with Crippen LogP contribution in [0, 0.1) is 13.8 Å². The van der Waals surface area contributed by atoms with Crippen molar-refractivity contribution in [3.63, 3.8) is 0 Å². The maximum atomic E-state index is 12.8. The Hall–Kier alpha value is -3.03. The van der Waals surface area contributed by atoms with E-state index in [1.807, 2.05) is 0 Å². The summed E-state index contributed by atoms with van der Waals surface area (Å²) in [5, 5.41) is 3.76. The number of furan rings is 1. The van der Waals surface area contributed by atoms with Crippen molar-refractivity contribution >= 4 is 5.97 Å². The highest BCUT2D eigenvalue weighted by Gasteiger charge is 2.30. The van der Waals surface area contributed by atoms with E-state index in [0.717, 1.165) is 12.1 Å². The number of nitrogens with zero attached hydrogens (tertiary/aromatic N) is 1. The number of ether oxygens (including phenoxy) is 1. The molecule has 0 saturated heterocycles. The normalized spacial score (nSPS) is 11.6. The van der Waals surface area contributed by atoms with Crippen molar-refractivity contribution in [1.82, 2.24) is 5.16 Å². The van der Waals surface area contributed by atoms with Crippen molar-refractivity contribution in [2.45, 2.75) is 26.6 Å². The fourth-order valence-corrected chi connectivity index (χ4v) is 2.37. The van der Waals surface area contributed by atoms with E-state index in [4.69, 9.17) is 13.7 Å². The third kappa shape index (κ3) is 3.63. The number of rotatable bonds is 4. The summed E-state index contributed by atoms with van der Waals surface area (Å²) in [7, 11) is 0. The van der Waals surface area contributed by atoms with E-state index in [1.165, 1.54) is 24.3 Å². The fraction of sp³-hybridized carbons (Fsp3) is 0.222. The quantitative estimate of drug-likeness (QED) is 0.614. The van der Waals surface area contributed by atoms with Gasteiger partial charge in [0.25, 0.3) is 0 Å². The van der Waals surface area contributed by atoms with Gasteiger partial charge in [-0.2, -0.15) is 13.2 Å². The highest BCUT2D eigenvalue weighted by Crippen LogP contribution is 2.32. The Morgan fingerprint density at radius 3 is 2.62 bits per heavy atom. The summed E-state index contributed by atoms with van der Waals surface area (Å²) in [5.41, 5.74) is 0.681. The molecule has 8 heteroatoms. The second kappa shape index (κ2) is 6.70. The van der Waals surface area contributed by atoms with E-state index in [9.17, 15) is 18.0 Å².